The standard InChI is InChI=1S/C17H18BrNO/c1-3-13-7-4-5-8-14(13)11-19-17(20)15-9-6-10-16(18)12(15)2/h4-10H,3,11H2,1-2H3,(H,19,20). The maximum absolute atomic E-state index is 12.3. The van der Waals surface area contributed by atoms with E-state index in [2.05, 4.69) is 40.3 Å². The molecule has 0 radical (unpaired) electrons. The molecule has 0 spiro atoms. The molecule has 1 N–H and O–H groups in total. The van der Waals surface area contributed by atoms with Gasteiger partial charge in [-0.25, -0.2) is 0 Å². The van der Waals surface area contributed by atoms with Gasteiger partial charge in [-0.1, -0.05) is 53.2 Å². The van der Waals surface area contributed by atoms with Crippen molar-refractivity contribution in [3.63, 3.8) is 0 Å². The van der Waals surface area contributed by atoms with Crippen molar-refractivity contribution >= 4 is 21.8 Å². The van der Waals surface area contributed by atoms with Gasteiger partial charge in [-0.05, 0) is 42.2 Å². The molecule has 3 heteroatoms. The summed E-state index contributed by atoms with van der Waals surface area (Å²) in [6.45, 7) is 4.63. The zero-order chi connectivity index (χ0) is 14.5. The molecule has 0 bridgehead atoms. The number of hydrogen-bond donors (Lipinski definition) is 1. The lowest BCUT2D eigenvalue weighted by Crippen LogP contribution is -2.24. The first-order valence-corrected chi connectivity index (χ1v) is 7.53. The Morgan fingerprint density at radius 1 is 1.10 bits per heavy atom. The maximum Gasteiger partial charge on any atom is 0.251 e. The van der Waals surface area contributed by atoms with Crippen LogP contribution in [0.4, 0.5) is 0 Å². The van der Waals surface area contributed by atoms with Crippen LogP contribution < -0.4 is 5.32 Å². The number of hydrogen-bond acceptors (Lipinski definition) is 1. The Bertz CT molecular complexity index is 622. The monoisotopic (exact) mass is 331 g/mol. The lowest BCUT2D eigenvalue weighted by Gasteiger charge is -2.11. The van der Waals surface area contributed by atoms with Gasteiger partial charge in [-0.15, -0.1) is 0 Å². The lowest BCUT2D eigenvalue weighted by molar-refractivity contribution is 0.0950. The van der Waals surface area contributed by atoms with Gasteiger partial charge in [0.05, 0.1) is 0 Å². The van der Waals surface area contributed by atoms with E-state index in [-0.39, 0.29) is 5.91 Å². The molecule has 0 heterocycles. The van der Waals surface area contributed by atoms with Gasteiger partial charge in [-0.2, -0.15) is 0 Å². The predicted molar refractivity (Wildman–Crippen MR) is 85.9 cm³/mol. The van der Waals surface area contributed by atoms with E-state index in [4.69, 9.17) is 0 Å². The molecule has 0 saturated heterocycles. The molecule has 0 aliphatic carbocycles. The summed E-state index contributed by atoms with van der Waals surface area (Å²) in [5.74, 6) is -0.0327. The fraction of sp³-hybridized carbons (Fsp3) is 0.235. The Kier molecular flexibility index (Phi) is 4.96. The van der Waals surface area contributed by atoms with Crippen LogP contribution in [-0.4, -0.2) is 5.91 Å². The smallest absolute Gasteiger partial charge is 0.251 e. The molecule has 0 aliphatic heterocycles. The van der Waals surface area contributed by atoms with Gasteiger partial charge in [0.1, 0.15) is 0 Å². The fourth-order valence-corrected chi connectivity index (χ4v) is 2.57. The molecule has 0 saturated carbocycles. The van der Waals surface area contributed by atoms with Crippen LogP contribution >= 0.6 is 15.9 Å². The highest BCUT2D eigenvalue weighted by Crippen LogP contribution is 2.19. The molecular weight excluding hydrogens is 314 g/mol. The van der Waals surface area contributed by atoms with Crippen LogP contribution in [0.2, 0.25) is 0 Å². The summed E-state index contributed by atoms with van der Waals surface area (Å²) >= 11 is 3.45. The molecule has 20 heavy (non-hydrogen) atoms. The molecule has 2 aromatic carbocycles. The minimum atomic E-state index is -0.0327. The summed E-state index contributed by atoms with van der Waals surface area (Å²) in [5, 5.41) is 3.00. The Balaban J connectivity index is 2.11. The molecule has 0 fully saturated rings. The molecular formula is C17H18BrNO. The van der Waals surface area contributed by atoms with Crippen LogP contribution in [0.3, 0.4) is 0 Å². The van der Waals surface area contributed by atoms with Crippen molar-refractivity contribution in [3.8, 4) is 0 Å². The molecule has 2 rings (SSSR count). The number of halogens is 1. The number of carbonyl (C=O) groups excluding carboxylic acids is 1. The van der Waals surface area contributed by atoms with Crippen LogP contribution in [0.25, 0.3) is 0 Å². The van der Waals surface area contributed by atoms with E-state index in [9.17, 15) is 4.79 Å². The molecule has 0 unspecified atom stereocenters. The summed E-state index contributed by atoms with van der Waals surface area (Å²) in [6.07, 6.45) is 0.974. The molecule has 0 aromatic heterocycles. The van der Waals surface area contributed by atoms with E-state index in [0.29, 0.717) is 12.1 Å². The summed E-state index contributed by atoms with van der Waals surface area (Å²) in [5.41, 5.74) is 4.14. The first kappa shape index (κ1) is 14.8. The highest BCUT2D eigenvalue weighted by molar-refractivity contribution is 9.10. The summed E-state index contributed by atoms with van der Waals surface area (Å²) in [6, 6.07) is 13.9. The maximum atomic E-state index is 12.3. The third-order valence-corrected chi connectivity index (χ3v) is 4.31. The van der Waals surface area contributed by atoms with Crippen molar-refractivity contribution in [2.24, 2.45) is 0 Å². The topological polar surface area (TPSA) is 29.1 Å². The van der Waals surface area contributed by atoms with E-state index in [1.165, 1.54) is 11.1 Å². The molecule has 2 nitrogen and oxygen atoms in total. The van der Waals surface area contributed by atoms with Crippen molar-refractivity contribution in [2.45, 2.75) is 26.8 Å². The second-order valence-electron chi connectivity index (χ2n) is 4.72. The Hall–Kier alpha value is -1.61. The molecule has 1 amide bonds. The Labute approximate surface area is 128 Å². The molecule has 2 aromatic rings. The van der Waals surface area contributed by atoms with Crippen LogP contribution in [0.1, 0.15) is 34.0 Å². The highest BCUT2D eigenvalue weighted by atomic mass is 79.9. The number of benzene rings is 2. The first-order chi connectivity index (χ1) is 9.63. The van der Waals surface area contributed by atoms with Gasteiger partial charge < -0.3 is 5.32 Å². The summed E-state index contributed by atoms with van der Waals surface area (Å²) in [4.78, 5) is 12.3. The highest BCUT2D eigenvalue weighted by Gasteiger charge is 2.10. The SMILES string of the molecule is CCc1ccccc1CNC(=O)c1cccc(Br)c1C. The van der Waals surface area contributed by atoms with E-state index in [1.807, 2.05) is 37.3 Å². The van der Waals surface area contributed by atoms with Crippen molar-refractivity contribution in [1.82, 2.24) is 5.32 Å². The lowest BCUT2D eigenvalue weighted by atomic mass is 10.0. The normalized spacial score (nSPS) is 10.3. The van der Waals surface area contributed by atoms with Gasteiger partial charge >= 0.3 is 0 Å². The molecule has 0 aliphatic rings. The number of aryl methyl sites for hydroxylation is 1. The van der Waals surface area contributed by atoms with Crippen LogP contribution in [-0.2, 0) is 13.0 Å². The largest absolute Gasteiger partial charge is 0.348 e. The number of carbonyl (C=O) groups is 1. The van der Waals surface area contributed by atoms with Crippen molar-refractivity contribution < 1.29 is 4.79 Å². The van der Waals surface area contributed by atoms with Gasteiger partial charge in [0.2, 0.25) is 0 Å². The van der Waals surface area contributed by atoms with Crippen LogP contribution in [0.15, 0.2) is 46.9 Å². The van der Waals surface area contributed by atoms with E-state index in [0.717, 1.165) is 16.5 Å². The first-order valence-electron chi connectivity index (χ1n) is 6.73. The van der Waals surface area contributed by atoms with Gasteiger partial charge in [0, 0.05) is 16.6 Å². The third kappa shape index (κ3) is 3.28. The average molecular weight is 332 g/mol. The second kappa shape index (κ2) is 6.71. The zero-order valence-electron chi connectivity index (χ0n) is 11.7. The van der Waals surface area contributed by atoms with Gasteiger partial charge in [0.25, 0.3) is 5.91 Å². The number of nitrogens with one attached hydrogen (secondary N) is 1. The van der Waals surface area contributed by atoms with Gasteiger partial charge in [-0.3, -0.25) is 4.79 Å². The van der Waals surface area contributed by atoms with Crippen LogP contribution in [0.5, 0.6) is 0 Å². The minimum Gasteiger partial charge on any atom is -0.348 e. The van der Waals surface area contributed by atoms with E-state index < -0.39 is 0 Å². The zero-order valence-corrected chi connectivity index (χ0v) is 13.3. The van der Waals surface area contributed by atoms with Crippen molar-refractivity contribution in [2.75, 3.05) is 0 Å². The van der Waals surface area contributed by atoms with E-state index >= 15 is 0 Å². The average Bonchev–Trinajstić information content (AvgIpc) is 2.48. The predicted octanol–water partition coefficient (Wildman–Crippen LogP) is 4.25. The molecule has 0 atom stereocenters. The quantitative estimate of drug-likeness (QED) is 0.891. The summed E-state index contributed by atoms with van der Waals surface area (Å²) in [7, 11) is 0. The minimum absolute atomic E-state index is 0.0327. The van der Waals surface area contributed by atoms with Crippen molar-refractivity contribution in [3.05, 3.63) is 69.2 Å². The second-order valence-corrected chi connectivity index (χ2v) is 5.57. The summed E-state index contributed by atoms with van der Waals surface area (Å²) < 4.78 is 0.958. The van der Waals surface area contributed by atoms with Gasteiger partial charge in [0.15, 0.2) is 0 Å². The van der Waals surface area contributed by atoms with E-state index in [1.54, 1.807) is 0 Å². The number of amides is 1. The fourth-order valence-electron chi connectivity index (χ4n) is 2.20. The number of rotatable bonds is 4. The van der Waals surface area contributed by atoms with Crippen LogP contribution in [0, 0.1) is 6.92 Å². The van der Waals surface area contributed by atoms with Crippen molar-refractivity contribution in [1.29, 1.82) is 0 Å². The molecule has 104 valence electrons. The Morgan fingerprint density at radius 2 is 1.80 bits per heavy atom. The Morgan fingerprint density at radius 3 is 2.50 bits per heavy atom. The third-order valence-electron chi connectivity index (χ3n) is 3.45.